The van der Waals surface area contributed by atoms with Crippen molar-refractivity contribution in [2.75, 3.05) is 26.4 Å². The summed E-state index contributed by atoms with van der Waals surface area (Å²) >= 11 is 4.64. The number of fused-ring (bicyclic) bond motifs is 14. The van der Waals surface area contributed by atoms with Crippen molar-refractivity contribution < 1.29 is 38.4 Å². The summed E-state index contributed by atoms with van der Waals surface area (Å²) in [6, 6.07) is 0. The minimum Gasteiger partial charge on any atom is -0.462 e. The Hall–Kier alpha value is -1.29. The lowest BCUT2D eigenvalue weighted by atomic mass is 9.32. The number of ether oxygens (including phenoxy) is 5. The number of esters is 1. The Morgan fingerprint density at radius 1 is 0.482 bits per heavy atom. The van der Waals surface area contributed by atoms with Crippen molar-refractivity contribution in [1.82, 2.24) is 0 Å². The smallest absolute Gasteiger partial charge is 0.302 e. The molecule has 0 aromatic heterocycles. The quantitative estimate of drug-likeness (QED) is 0.138. The summed E-state index contributed by atoms with van der Waals surface area (Å²) in [5.74, 6) is 6.79. The van der Waals surface area contributed by atoms with Crippen molar-refractivity contribution in [3.8, 4) is 0 Å². The van der Waals surface area contributed by atoms with Gasteiger partial charge in [0.2, 0.25) is 5.24 Å². The molecule has 0 aromatic rings. The molecule has 1 N–H and O–H groups in total. The highest BCUT2D eigenvalue weighted by Crippen LogP contribution is 2.80. The molecule has 10 saturated carbocycles. The Kier molecular flexibility index (Phi) is 18.3. The van der Waals surface area contributed by atoms with Crippen LogP contribution in [-0.2, 0) is 33.3 Å². The van der Waals surface area contributed by atoms with Crippen molar-refractivity contribution >= 4 is 22.8 Å². The first-order chi connectivity index (χ1) is 38.9. The maximum atomic E-state index is 12.0. The monoisotopic (exact) mass is 1170 g/mol. The first-order valence-electron chi connectivity index (χ1n) is 34.7. The van der Waals surface area contributed by atoms with Crippen LogP contribution in [0.4, 0.5) is 0 Å². The molecule has 12 aliphatic rings. The van der Waals surface area contributed by atoms with E-state index in [4.69, 9.17) is 23.7 Å². The van der Waals surface area contributed by atoms with Crippen LogP contribution < -0.4 is 0 Å². The van der Waals surface area contributed by atoms with Crippen LogP contribution in [0.5, 0.6) is 0 Å². The van der Waals surface area contributed by atoms with Crippen LogP contribution in [0.25, 0.3) is 0 Å². The zero-order valence-corrected chi connectivity index (χ0v) is 56.1. The lowest BCUT2D eigenvalue weighted by molar-refractivity contribution is -0.257. The second kappa shape index (κ2) is 23.5. The summed E-state index contributed by atoms with van der Waals surface area (Å²) in [4.78, 5) is 21.2. The summed E-state index contributed by atoms with van der Waals surface area (Å²) in [6.45, 7) is 45.9. The second-order valence-corrected chi connectivity index (χ2v) is 34.6. The van der Waals surface area contributed by atoms with Crippen LogP contribution in [-0.4, -0.2) is 67.5 Å². The predicted octanol–water partition coefficient (Wildman–Crippen LogP) is 18.4. The molecule has 2 saturated heterocycles. The Labute approximate surface area is 511 Å². The molecule has 0 aromatic carbocycles. The van der Waals surface area contributed by atoms with E-state index in [1.54, 1.807) is 6.92 Å². The van der Waals surface area contributed by atoms with Gasteiger partial charge in [-0.25, -0.2) is 0 Å². The number of hydrogen-bond donors (Lipinski definition) is 1. The van der Waals surface area contributed by atoms with Crippen molar-refractivity contribution in [3.05, 3.63) is 24.3 Å². The number of aliphatic hydroxyl groups is 1. The van der Waals surface area contributed by atoms with Crippen LogP contribution in [0.3, 0.4) is 0 Å². The SMILES string of the molecule is C=C(C)[C@@H]1CC[C@]2(COC3CCCCO3)CC[C@]3(C)[C@H](CC[C@@H]4[C@@]5(C)CC[C@H](O)C(C)(C)[C@@H]5CC[C@]43C)[C@@H]12.C=C(C)[C@@H]1CC[C@]2(COC3CCCCO3)CC[C@]3(C)[C@H](CC[C@@H]4[C@@]5(C)CC[C@H](OC(C)=O)C(C)(C)[C@@H]5CC[C@]43C)[C@@H]12.CC(=O)Cl. The number of carbonyl (C=O) groups excluding carboxylic acids is 2. The van der Waals surface area contributed by atoms with Gasteiger partial charge in [0.1, 0.15) is 6.10 Å². The predicted molar refractivity (Wildman–Crippen MR) is 335 cm³/mol. The number of halogens is 1. The van der Waals surface area contributed by atoms with Gasteiger partial charge in [0.05, 0.1) is 19.3 Å². The zero-order valence-electron chi connectivity index (χ0n) is 55.4. The molecule has 0 spiro atoms. The third-order valence-corrected chi connectivity index (χ3v) is 30.1. The molecular formula is C74H121ClO8. The Bertz CT molecular complexity index is 2370. The van der Waals surface area contributed by atoms with Crippen LogP contribution in [0.1, 0.15) is 264 Å². The topological polar surface area (TPSA) is 101 Å². The summed E-state index contributed by atoms with van der Waals surface area (Å²) < 4.78 is 31.3. The van der Waals surface area contributed by atoms with E-state index in [0.717, 1.165) is 75.8 Å². The van der Waals surface area contributed by atoms with E-state index >= 15 is 0 Å². The van der Waals surface area contributed by atoms with Crippen LogP contribution in [0, 0.1) is 113 Å². The fraction of sp³-hybridized carbons (Fsp3) is 0.919. The Morgan fingerprint density at radius 2 is 0.904 bits per heavy atom. The Balaban J connectivity index is 0.000000175. The van der Waals surface area contributed by atoms with Crippen molar-refractivity contribution in [2.24, 2.45) is 113 Å². The molecule has 472 valence electrons. The van der Waals surface area contributed by atoms with E-state index in [2.05, 4.69) is 108 Å². The standard InChI is InChI=1S/C37H60O4.C35H58O3.C2H3ClO/c1-24(2)26-14-19-37(23-40-31-11-9-10-22-39-31)21-20-35(7)27(32(26)37)12-13-29-34(6)17-16-30(41-25(3)38)33(4,5)28(34)15-18-36(29,35)8;1-23(2)24-13-18-35(22-38-29-10-8-9-21-37-29)20-19-33(6)25(30(24)35)11-12-27-32(5)16-15-28(36)31(3,4)26(32)14-17-34(27,33)7;1-2(3)4/h26-32H,1,9-23H2,2-8H3;24-30,36H,1,8-22H2,2-7H3;1H3/t26-,27+,28-,29+,30-,31?,32+,34-,35+,36+,37+;24-,25+,26-,27+,28-,29?,30+,32-,33+,34+,35+;/m00./s1. The van der Waals surface area contributed by atoms with E-state index in [1.165, 1.54) is 159 Å². The van der Waals surface area contributed by atoms with Crippen LogP contribution in [0.2, 0.25) is 0 Å². The highest BCUT2D eigenvalue weighted by Gasteiger charge is 2.73. The van der Waals surface area contributed by atoms with Gasteiger partial charge >= 0.3 is 5.97 Å². The molecule has 83 heavy (non-hydrogen) atoms. The first-order valence-corrected chi connectivity index (χ1v) is 35.1. The third kappa shape index (κ3) is 10.6. The molecule has 0 radical (unpaired) electrons. The largest absolute Gasteiger partial charge is 0.462 e. The number of allylic oxidation sites excluding steroid dienone is 2. The number of rotatable bonds is 9. The first kappa shape index (κ1) is 64.7. The second-order valence-electron chi connectivity index (χ2n) is 34.1. The van der Waals surface area contributed by atoms with Gasteiger partial charge in [-0.05, 0) is 300 Å². The van der Waals surface area contributed by atoms with E-state index in [1.807, 2.05) is 0 Å². The molecule has 10 aliphatic carbocycles. The van der Waals surface area contributed by atoms with E-state index in [-0.39, 0.29) is 52.2 Å². The molecule has 9 heteroatoms. The van der Waals surface area contributed by atoms with E-state index < -0.39 is 0 Å². The lowest BCUT2D eigenvalue weighted by Gasteiger charge is -2.73. The zero-order chi connectivity index (χ0) is 60.1. The van der Waals surface area contributed by atoms with Gasteiger partial charge in [-0.2, -0.15) is 0 Å². The molecule has 2 unspecified atom stereocenters. The molecular weight excluding hydrogens is 1050 g/mol. The van der Waals surface area contributed by atoms with Gasteiger partial charge in [-0.3, -0.25) is 9.59 Å². The molecule has 12 rings (SSSR count). The number of hydrogen-bond acceptors (Lipinski definition) is 8. The van der Waals surface area contributed by atoms with Gasteiger partial charge in [-0.1, -0.05) is 93.5 Å². The normalized spacial score (nSPS) is 49.9. The van der Waals surface area contributed by atoms with Crippen LogP contribution in [0.15, 0.2) is 24.3 Å². The molecule has 0 amide bonds. The van der Waals surface area contributed by atoms with Gasteiger partial charge < -0.3 is 28.8 Å². The highest BCUT2D eigenvalue weighted by atomic mass is 35.5. The van der Waals surface area contributed by atoms with Gasteiger partial charge in [0.25, 0.3) is 0 Å². The average molecular weight is 1170 g/mol. The van der Waals surface area contributed by atoms with Crippen molar-refractivity contribution in [1.29, 1.82) is 0 Å². The molecule has 2 aliphatic heterocycles. The Morgan fingerprint density at radius 3 is 1.30 bits per heavy atom. The fourth-order valence-corrected chi connectivity index (χ4v) is 25.7. The fourth-order valence-electron chi connectivity index (χ4n) is 25.7. The molecule has 2 heterocycles. The lowest BCUT2D eigenvalue weighted by Crippen LogP contribution is -2.67. The summed E-state index contributed by atoms with van der Waals surface area (Å²) in [6.07, 6.45) is 32.4. The van der Waals surface area contributed by atoms with Crippen molar-refractivity contribution in [2.45, 2.75) is 289 Å². The molecule has 8 nitrogen and oxygen atoms in total. The van der Waals surface area contributed by atoms with Gasteiger partial charge in [-0.15, -0.1) is 0 Å². The third-order valence-electron chi connectivity index (χ3n) is 30.1. The highest BCUT2D eigenvalue weighted by molar-refractivity contribution is 6.62. The summed E-state index contributed by atoms with van der Waals surface area (Å²) in [7, 11) is 0. The van der Waals surface area contributed by atoms with Crippen LogP contribution >= 0.6 is 11.6 Å². The minimum absolute atomic E-state index is 0.00454. The summed E-state index contributed by atoms with van der Waals surface area (Å²) in [5.41, 5.74) is 5.55. The maximum Gasteiger partial charge on any atom is 0.302 e. The maximum absolute atomic E-state index is 12.0. The number of aliphatic hydroxyl groups excluding tert-OH is 1. The van der Waals surface area contributed by atoms with Gasteiger partial charge in [0, 0.05) is 32.5 Å². The van der Waals surface area contributed by atoms with E-state index in [9.17, 15) is 14.7 Å². The minimum atomic E-state index is -0.361. The number of carbonyl (C=O) groups is 2. The van der Waals surface area contributed by atoms with E-state index in [0.29, 0.717) is 73.4 Å². The molecule has 0 bridgehead atoms. The average Bonchev–Trinajstić information content (AvgIpc) is 1.63. The molecule has 22 atom stereocenters. The van der Waals surface area contributed by atoms with Gasteiger partial charge in [0.15, 0.2) is 12.6 Å². The summed E-state index contributed by atoms with van der Waals surface area (Å²) in [5, 5.41) is 10.7. The molecule has 12 fully saturated rings. The van der Waals surface area contributed by atoms with Crippen molar-refractivity contribution in [3.63, 3.8) is 0 Å².